The SMILES string of the molecule is Cc1cc(Cl)ccc1N1C(C2C=CC(Cl)=CC2C)CN(C(=O)CC(=O)O)C[C@@H]1CC(C)C. The molecule has 5 nitrogen and oxygen atoms in total. The van der Waals surface area contributed by atoms with Crippen LogP contribution < -0.4 is 4.90 Å². The number of aryl methyl sites for hydroxylation is 1. The molecule has 0 aromatic heterocycles. The fourth-order valence-electron chi connectivity index (χ4n) is 5.04. The van der Waals surface area contributed by atoms with Gasteiger partial charge in [-0.2, -0.15) is 0 Å². The van der Waals surface area contributed by atoms with Crippen molar-refractivity contribution in [3.05, 3.63) is 52.0 Å². The minimum atomic E-state index is -1.09. The average Bonchev–Trinajstić information content (AvgIpc) is 2.67. The van der Waals surface area contributed by atoms with E-state index in [9.17, 15) is 14.7 Å². The zero-order valence-electron chi connectivity index (χ0n) is 19.1. The Hall–Kier alpha value is -1.98. The maximum atomic E-state index is 12.8. The molecule has 0 spiro atoms. The Balaban J connectivity index is 2.07. The van der Waals surface area contributed by atoms with E-state index in [1.807, 2.05) is 18.2 Å². The molecule has 1 amide bonds. The molecular weight excluding hydrogens is 447 g/mol. The fraction of sp³-hybridized carbons (Fsp3) is 0.520. The highest BCUT2D eigenvalue weighted by Crippen LogP contribution is 2.38. The smallest absolute Gasteiger partial charge is 0.312 e. The maximum Gasteiger partial charge on any atom is 0.312 e. The normalized spacial score (nSPS) is 25.8. The van der Waals surface area contributed by atoms with Gasteiger partial charge in [-0.05, 0) is 55.0 Å². The van der Waals surface area contributed by atoms with Crippen molar-refractivity contribution in [2.24, 2.45) is 17.8 Å². The fourth-order valence-corrected chi connectivity index (χ4v) is 5.54. The molecule has 1 aromatic rings. The largest absolute Gasteiger partial charge is 0.481 e. The van der Waals surface area contributed by atoms with E-state index in [1.165, 1.54) is 0 Å². The summed E-state index contributed by atoms with van der Waals surface area (Å²) >= 11 is 12.5. The van der Waals surface area contributed by atoms with Crippen LogP contribution in [0.4, 0.5) is 5.69 Å². The van der Waals surface area contributed by atoms with Crippen molar-refractivity contribution in [1.82, 2.24) is 4.90 Å². The molecule has 0 bridgehead atoms. The van der Waals surface area contributed by atoms with Gasteiger partial charge >= 0.3 is 5.97 Å². The Labute approximate surface area is 200 Å². The number of carbonyl (C=O) groups is 2. The Morgan fingerprint density at radius 3 is 2.53 bits per heavy atom. The summed E-state index contributed by atoms with van der Waals surface area (Å²) in [5, 5.41) is 10.6. The topological polar surface area (TPSA) is 60.9 Å². The van der Waals surface area contributed by atoms with Crippen LogP contribution in [-0.4, -0.2) is 47.1 Å². The predicted molar refractivity (Wildman–Crippen MR) is 130 cm³/mol. The van der Waals surface area contributed by atoms with Gasteiger partial charge in [0.05, 0.1) is 6.04 Å². The second kappa shape index (κ2) is 10.3. The standard InChI is InChI=1S/C25H32Cl2N2O3/c1-15(2)9-20-13-28(24(30)12-25(31)32)14-23(21-7-5-18(26)10-16(21)3)29(20)22-8-6-19(27)11-17(22)4/h5-8,10-11,15-16,20-21,23H,9,12-14H2,1-4H3,(H,31,32)/t16?,20-,21?,23?/m0/s1. The molecule has 1 aliphatic heterocycles. The van der Waals surface area contributed by atoms with Gasteiger partial charge in [0.25, 0.3) is 0 Å². The number of allylic oxidation sites excluding steroid dienone is 3. The number of piperazine rings is 1. The van der Waals surface area contributed by atoms with E-state index in [0.29, 0.717) is 24.0 Å². The Morgan fingerprint density at radius 2 is 1.94 bits per heavy atom. The highest BCUT2D eigenvalue weighted by atomic mass is 35.5. The first-order valence-corrected chi connectivity index (χ1v) is 11.9. The lowest BCUT2D eigenvalue weighted by Crippen LogP contribution is -2.63. The van der Waals surface area contributed by atoms with Crippen molar-refractivity contribution >= 4 is 40.8 Å². The molecule has 1 aliphatic carbocycles. The number of hydrogen-bond donors (Lipinski definition) is 1. The van der Waals surface area contributed by atoms with Crippen LogP contribution in [0.2, 0.25) is 5.02 Å². The molecule has 1 fully saturated rings. The first kappa shape index (κ1) is 24.7. The summed E-state index contributed by atoms with van der Waals surface area (Å²) in [6.07, 6.45) is 6.51. The molecule has 0 radical (unpaired) electrons. The number of benzene rings is 1. The Bertz CT molecular complexity index is 928. The second-order valence-electron chi connectivity index (χ2n) is 9.41. The summed E-state index contributed by atoms with van der Waals surface area (Å²) in [6, 6.07) is 5.99. The molecule has 2 aliphatic rings. The number of halogens is 2. The summed E-state index contributed by atoms with van der Waals surface area (Å²) in [5.41, 5.74) is 2.19. The number of hydrogen-bond acceptors (Lipinski definition) is 3. The summed E-state index contributed by atoms with van der Waals surface area (Å²) in [5.74, 6) is -0.697. The van der Waals surface area contributed by atoms with E-state index >= 15 is 0 Å². The van der Waals surface area contributed by atoms with E-state index in [1.54, 1.807) is 4.90 Å². The van der Waals surface area contributed by atoms with Crippen LogP contribution in [0, 0.1) is 24.7 Å². The third kappa shape index (κ3) is 5.68. The van der Waals surface area contributed by atoms with Crippen molar-refractivity contribution in [1.29, 1.82) is 0 Å². The van der Waals surface area contributed by atoms with Crippen LogP contribution in [0.3, 0.4) is 0 Å². The van der Waals surface area contributed by atoms with Crippen LogP contribution in [0.25, 0.3) is 0 Å². The number of amides is 1. The number of carbonyl (C=O) groups excluding carboxylic acids is 1. The zero-order chi connectivity index (χ0) is 23.6. The van der Waals surface area contributed by atoms with Crippen LogP contribution in [0.15, 0.2) is 41.5 Å². The van der Waals surface area contributed by atoms with Gasteiger partial charge in [0.1, 0.15) is 6.42 Å². The van der Waals surface area contributed by atoms with Crippen LogP contribution in [-0.2, 0) is 9.59 Å². The lowest BCUT2D eigenvalue weighted by atomic mass is 9.80. The molecule has 4 atom stereocenters. The summed E-state index contributed by atoms with van der Waals surface area (Å²) in [7, 11) is 0. The number of carboxylic acid groups (broad SMARTS) is 1. The quantitative estimate of drug-likeness (QED) is 0.548. The van der Waals surface area contributed by atoms with Crippen LogP contribution in [0.5, 0.6) is 0 Å². The Morgan fingerprint density at radius 1 is 1.22 bits per heavy atom. The molecule has 1 N–H and O–H groups in total. The van der Waals surface area contributed by atoms with Crippen molar-refractivity contribution in [3.8, 4) is 0 Å². The average molecular weight is 479 g/mol. The maximum absolute atomic E-state index is 12.8. The van der Waals surface area contributed by atoms with Gasteiger partial charge in [0, 0.05) is 40.8 Å². The molecule has 3 unspecified atom stereocenters. The van der Waals surface area contributed by atoms with Crippen molar-refractivity contribution < 1.29 is 14.7 Å². The minimum Gasteiger partial charge on any atom is -0.481 e. The van der Waals surface area contributed by atoms with E-state index in [-0.39, 0.29) is 29.8 Å². The highest BCUT2D eigenvalue weighted by molar-refractivity contribution is 6.31. The van der Waals surface area contributed by atoms with E-state index in [4.69, 9.17) is 23.2 Å². The van der Waals surface area contributed by atoms with Gasteiger partial charge in [0.2, 0.25) is 5.91 Å². The van der Waals surface area contributed by atoms with E-state index in [0.717, 1.165) is 22.7 Å². The van der Waals surface area contributed by atoms with Gasteiger partial charge in [-0.25, -0.2) is 0 Å². The molecule has 3 rings (SSSR count). The number of aliphatic carboxylic acids is 1. The number of anilines is 1. The van der Waals surface area contributed by atoms with Gasteiger partial charge in [-0.1, -0.05) is 56.1 Å². The highest BCUT2D eigenvalue weighted by Gasteiger charge is 2.42. The molecular formula is C25H32Cl2N2O3. The second-order valence-corrected chi connectivity index (χ2v) is 10.3. The molecule has 32 heavy (non-hydrogen) atoms. The van der Waals surface area contributed by atoms with Crippen LogP contribution >= 0.6 is 23.2 Å². The summed E-state index contributed by atoms with van der Waals surface area (Å²) in [6.45, 7) is 9.51. The van der Waals surface area contributed by atoms with Crippen molar-refractivity contribution in [3.63, 3.8) is 0 Å². The molecule has 7 heteroatoms. The predicted octanol–water partition coefficient (Wildman–Crippen LogP) is 5.50. The van der Waals surface area contributed by atoms with Gasteiger partial charge in [-0.3, -0.25) is 9.59 Å². The molecule has 0 saturated carbocycles. The minimum absolute atomic E-state index is 0.0163. The monoisotopic (exact) mass is 478 g/mol. The Kier molecular flexibility index (Phi) is 7.94. The van der Waals surface area contributed by atoms with Gasteiger partial charge in [0.15, 0.2) is 0 Å². The third-order valence-electron chi connectivity index (χ3n) is 6.38. The van der Waals surface area contributed by atoms with Crippen molar-refractivity contribution in [2.45, 2.75) is 52.6 Å². The molecule has 1 aromatic carbocycles. The summed E-state index contributed by atoms with van der Waals surface area (Å²) < 4.78 is 0. The van der Waals surface area contributed by atoms with Crippen LogP contribution in [0.1, 0.15) is 39.2 Å². The van der Waals surface area contributed by atoms with Crippen molar-refractivity contribution in [2.75, 3.05) is 18.0 Å². The molecule has 1 heterocycles. The molecule has 174 valence electrons. The van der Waals surface area contributed by atoms with E-state index in [2.05, 4.69) is 50.8 Å². The van der Waals surface area contributed by atoms with Gasteiger partial charge < -0.3 is 14.9 Å². The lowest BCUT2D eigenvalue weighted by molar-refractivity contribution is -0.145. The zero-order valence-corrected chi connectivity index (χ0v) is 20.6. The number of nitrogens with zero attached hydrogens (tertiary/aromatic N) is 2. The first-order valence-electron chi connectivity index (χ1n) is 11.2. The number of rotatable bonds is 6. The molecule has 1 saturated heterocycles. The van der Waals surface area contributed by atoms with E-state index < -0.39 is 12.4 Å². The first-order chi connectivity index (χ1) is 15.1. The summed E-state index contributed by atoms with van der Waals surface area (Å²) in [4.78, 5) is 28.3. The third-order valence-corrected chi connectivity index (χ3v) is 6.86. The number of carboxylic acids is 1. The van der Waals surface area contributed by atoms with Gasteiger partial charge in [-0.15, -0.1) is 0 Å². The lowest BCUT2D eigenvalue weighted by Gasteiger charge is -2.52.